The van der Waals surface area contributed by atoms with Gasteiger partial charge in [-0.2, -0.15) is 5.10 Å². The van der Waals surface area contributed by atoms with Crippen LogP contribution >= 0.6 is 11.3 Å². The van der Waals surface area contributed by atoms with Crippen molar-refractivity contribution in [1.29, 1.82) is 0 Å². The van der Waals surface area contributed by atoms with E-state index in [1.165, 1.54) is 11.3 Å². The average Bonchev–Trinajstić information content (AvgIpc) is 3.01. The van der Waals surface area contributed by atoms with Crippen LogP contribution in [0.2, 0.25) is 0 Å². The quantitative estimate of drug-likeness (QED) is 0.559. The van der Waals surface area contributed by atoms with Gasteiger partial charge in [0.1, 0.15) is 5.75 Å². The minimum absolute atomic E-state index is 0.268. The largest absolute Gasteiger partial charge is 0.508 e. The number of nitrogens with one attached hydrogen (secondary N) is 1. The summed E-state index contributed by atoms with van der Waals surface area (Å²) in [5, 5.41) is 16.5. The second kappa shape index (κ2) is 6.41. The number of hydrogen-bond acceptors (Lipinski definition) is 5. The predicted molar refractivity (Wildman–Crippen MR) is 91.6 cm³/mol. The fraction of sp³-hybridized carbons (Fsp3) is 0.0588. The lowest BCUT2D eigenvalue weighted by atomic mass is 10.1. The fourth-order valence-corrected chi connectivity index (χ4v) is 2.60. The van der Waals surface area contributed by atoms with Crippen LogP contribution in [0.3, 0.4) is 0 Å². The highest BCUT2D eigenvalue weighted by Gasteiger charge is 2.02. The van der Waals surface area contributed by atoms with E-state index in [9.17, 15) is 5.11 Å². The number of aryl methyl sites for hydroxylation is 1. The lowest BCUT2D eigenvalue weighted by Crippen LogP contribution is -1.90. The van der Waals surface area contributed by atoms with Crippen LogP contribution in [0.15, 0.2) is 59.0 Å². The zero-order chi connectivity index (χ0) is 15.4. The van der Waals surface area contributed by atoms with Gasteiger partial charge in [0.25, 0.3) is 0 Å². The van der Waals surface area contributed by atoms with Gasteiger partial charge in [0.15, 0.2) is 0 Å². The van der Waals surface area contributed by atoms with Crippen molar-refractivity contribution < 1.29 is 5.11 Å². The van der Waals surface area contributed by atoms with E-state index in [0.29, 0.717) is 0 Å². The van der Waals surface area contributed by atoms with Gasteiger partial charge in [-0.05, 0) is 24.1 Å². The number of phenolic OH excluding ortho intramolecular Hbond substituents is 1. The summed E-state index contributed by atoms with van der Waals surface area (Å²) in [7, 11) is 0. The third kappa shape index (κ3) is 3.32. The first-order valence-electron chi connectivity index (χ1n) is 6.82. The van der Waals surface area contributed by atoms with Crippen LogP contribution in [-0.4, -0.2) is 16.3 Å². The second-order valence-electron chi connectivity index (χ2n) is 4.82. The number of hydrogen-bond donors (Lipinski definition) is 2. The number of thiazole rings is 1. The summed E-state index contributed by atoms with van der Waals surface area (Å²) in [6.45, 7) is 1.86. The molecule has 0 spiro atoms. The maximum Gasteiger partial charge on any atom is 0.203 e. The predicted octanol–water partition coefficient (Wildman–Crippen LogP) is 4.27. The molecule has 0 aliphatic heterocycles. The van der Waals surface area contributed by atoms with E-state index < -0.39 is 0 Å². The molecular weight excluding hydrogens is 294 g/mol. The molecule has 3 rings (SSSR count). The molecule has 2 aromatic carbocycles. The minimum Gasteiger partial charge on any atom is -0.508 e. The summed E-state index contributed by atoms with van der Waals surface area (Å²) in [5.74, 6) is 0.268. The Balaban J connectivity index is 1.68. The molecule has 22 heavy (non-hydrogen) atoms. The van der Waals surface area contributed by atoms with Crippen molar-refractivity contribution in [3.05, 3.63) is 65.0 Å². The number of benzene rings is 2. The number of aromatic hydroxyl groups is 1. The summed E-state index contributed by atoms with van der Waals surface area (Å²) in [6.07, 6.45) is 1.66. The molecule has 0 aliphatic carbocycles. The van der Waals surface area contributed by atoms with E-state index in [2.05, 4.69) is 15.5 Å². The number of phenols is 1. The van der Waals surface area contributed by atoms with Gasteiger partial charge in [0.05, 0.1) is 11.9 Å². The Morgan fingerprint density at radius 3 is 2.77 bits per heavy atom. The van der Waals surface area contributed by atoms with Crippen LogP contribution in [0.25, 0.3) is 11.3 Å². The maximum atomic E-state index is 9.65. The van der Waals surface area contributed by atoms with Crippen LogP contribution in [0.4, 0.5) is 5.13 Å². The Morgan fingerprint density at radius 2 is 2.00 bits per heavy atom. The van der Waals surface area contributed by atoms with E-state index >= 15 is 0 Å². The molecular formula is C17H15N3OS. The highest BCUT2D eigenvalue weighted by Crippen LogP contribution is 2.24. The molecule has 0 bridgehead atoms. The van der Waals surface area contributed by atoms with Crippen molar-refractivity contribution in [2.45, 2.75) is 6.92 Å². The topological polar surface area (TPSA) is 57.5 Å². The third-order valence-electron chi connectivity index (χ3n) is 3.18. The average molecular weight is 309 g/mol. The van der Waals surface area contributed by atoms with Gasteiger partial charge in [0, 0.05) is 10.9 Å². The number of aromatic nitrogens is 1. The first-order valence-corrected chi connectivity index (χ1v) is 7.70. The fourth-order valence-electron chi connectivity index (χ4n) is 1.94. The molecule has 0 amide bonds. The highest BCUT2D eigenvalue weighted by atomic mass is 32.1. The van der Waals surface area contributed by atoms with Crippen molar-refractivity contribution in [2.24, 2.45) is 5.10 Å². The van der Waals surface area contributed by atoms with Gasteiger partial charge in [-0.15, -0.1) is 11.3 Å². The van der Waals surface area contributed by atoms with E-state index in [0.717, 1.165) is 27.5 Å². The number of rotatable bonds is 4. The molecule has 0 aliphatic rings. The molecule has 0 atom stereocenters. The van der Waals surface area contributed by atoms with E-state index in [-0.39, 0.29) is 5.75 Å². The van der Waals surface area contributed by atoms with Gasteiger partial charge in [-0.25, -0.2) is 4.98 Å². The first-order chi connectivity index (χ1) is 10.7. The molecule has 1 aromatic heterocycles. The molecule has 0 radical (unpaired) electrons. The van der Waals surface area contributed by atoms with Crippen molar-refractivity contribution in [1.82, 2.24) is 4.98 Å². The van der Waals surface area contributed by atoms with E-state index in [1.54, 1.807) is 12.3 Å². The second-order valence-corrected chi connectivity index (χ2v) is 5.68. The van der Waals surface area contributed by atoms with E-state index in [4.69, 9.17) is 0 Å². The molecule has 2 N–H and O–H groups in total. The number of nitrogens with zero attached hydrogens (tertiary/aromatic N) is 2. The zero-order valence-electron chi connectivity index (χ0n) is 12.0. The molecule has 1 heterocycles. The van der Waals surface area contributed by atoms with E-state index in [1.807, 2.05) is 54.8 Å². The summed E-state index contributed by atoms with van der Waals surface area (Å²) in [5.41, 5.74) is 6.60. The van der Waals surface area contributed by atoms with Crippen molar-refractivity contribution in [2.75, 3.05) is 5.43 Å². The zero-order valence-corrected chi connectivity index (χ0v) is 12.8. The SMILES string of the molecule is Cc1ccc(C=NNc2nc(-c3ccccc3)cs2)cc1O. The maximum absolute atomic E-state index is 9.65. The van der Waals surface area contributed by atoms with Crippen molar-refractivity contribution in [3.8, 4) is 17.0 Å². The highest BCUT2D eigenvalue weighted by molar-refractivity contribution is 7.14. The smallest absolute Gasteiger partial charge is 0.203 e. The summed E-state index contributed by atoms with van der Waals surface area (Å²) in [6, 6.07) is 15.4. The van der Waals surface area contributed by atoms with Crippen molar-refractivity contribution >= 4 is 22.7 Å². The molecule has 4 nitrogen and oxygen atoms in total. The summed E-state index contributed by atoms with van der Waals surface area (Å²) in [4.78, 5) is 4.49. The van der Waals surface area contributed by atoms with Crippen molar-refractivity contribution in [3.63, 3.8) is 0 Å². The standard InChI is InChI=1S/C17H15N3OS/c1-12-7-8-13(9-16(12)21)10-18-20-17-19-15(11-22-17)14-5-3-2-4-6-14/h2-11,21H,1H3,(H,19,20). The lowest BCUT2D eigenvalue weighted by Gasteiger charge is -1.99. The van der Waals surface area contributed by atoms with Gasteiger partial charge >= 0.3 is 0 Å². The Labute approximate surface area is 132 Å². The Bertz CT molecular complexity index is 797. The van der Waals surface area contributed by atoms with Crippen LogP contribution in [0, 0.1) is 6.92 Å². The molecule has 0 fully saturated rings. The van der Waals surface area contributed by atoms with Gasteiger partial charge in [0.2, 0.25) is 5.13 Å². The molecule has 3 aromatic rings. The molecule has 5 heteroatoms. The van der Waals surface area contributed by atoms with Crippen LogP contribution in [-0.2, 0) is 0 Å². The summed E-state index contributed by atoms with van der Waals surface area (Å²) >= 11 is 1.50. The number of hydrazone groups is 1. The Kier molecular flexibility index (Phi) is 4.16. The normalized spacial score (nSPS) is 11.0. The Hall–Kier alpha value is -2.66. The minimum atomic E-state index is 0.268. The molecule has 110 valence electrons. The van der Waals surface area contributed by atoms with Gasteiger partial charge in [-0.1, -0.05) is 42.5 Å². The first kappa shape index (κ1) is 14.3. The Morgan fingerprint density at radius 1 is 1.18 bits per heavy atom. The third-order valence-corrected chi connectivity index (χ3v) is 3.93. The van der Waals surface area contributed by atoms with Crippen LogP contribution in [0.1, 0.15) is 11.1 Å². The van der Waals surface area contributed by atoms with Gasteiger partial charge < -0.3 is 5.11 Å². The number of anilines is 1. The summed E-state index contributed by atoms with van der Waals surface area (Å²) < 4.78 is 0. The van der Waals surface area contributed by atoms with Crippen LogP contribution < -0.4 is 5.43 Å². The van der Waals surface area contributed by atoms with Gasteiger partial charge in [-0.3, -0.25) is 5.43 Å². The molecule has 0 unspecified atom stereocenters. The van der Waals surface area contributed by atoms with Crippen LogP contribution in [0.5, 0.6) is 5.75 Å². The molecule has 0 saturated carbocycles. The molecule has 0 saturated heterocycles. The monoisotopic (exact) mass is 309 g/mol. The lowest BCUT2D eigenvalue weighted by molar-refractivity contribution is 0.471.